The summed E-state index contributed by atoms with van der Waals surface area (Å²) < 4.78 is 22.2. The number of fused-ring (bicyclic) bond motifs is 4. The number of hydrogen-bond donors (Lipinski definition) is 0. The minimum atomic E-state index is -0.577. The molecule has 0 N–H and O–H groups in total. The van der Waals surface area contributed by atoms with Gasteiger partial charge in [-0.1, -0.05) is 60.1 Å². The van der Waals surface area contributed by atoms with Crippen LogP contribution < -0.4 is 4.90 Å². The topological polar surface area (TPSA) is 50.0 Å². The highest BCUT2D eigenvalue weighted by Gasteiger charge is 2.44. The van der Waals surface area contributed by atoms with E-state index < -0.39 is 11.4 Å². The minimum absolute atomic E-state index is 0.0106. The van der Waals surface area contributed by atoms with Crippen LogP contribution in [-0.2, 0) is 4.74 Å². The summed E-state index contributed by atoms with van der Waals surface area (Å²) in [5.41, 5.74) is 1.64. The molecule has 1 amide bonds. The third-order valence-corrected chi connectivity index (χ3v) is 8.07. The first-order valence-electron chi connectivity index (χ1n) is 13.5. The second-order valence-corrected chi connectivity index (χ2v) is 12.1. The number of carbonyl (C=O) groups excluding carboxylic acids is 1. The zero-order chi connectivity index (χ0) is 28.3. The number of aryl methyl sites for hydroxylation is 1. The number of anilines is 1. The van der Waals surface area contributed by atoms with Crippen molar-refractivity contribution in [2.75, 3.05) is 18.0 Å². The second-order valence-electron chi connectivity index (χ2n) is 11.7. The van der Waals surface area contributed by atoms with Crippen LogP contribution in [0.1, 0.15) is 39.2 Å². The molecule has 0 aliphatic carbocycles. The van der Waals surface area contributed by atoms with Gasteiger partial charge in [-0.2, -0.15) is 0 Å². The molecule has 204 valence electrons. The number of carbonyl (C=O) groups is 1. The molecule has 3 aromatic carbocycles. The van der Waals surface area contributed by atoms with Crippen LogP contribution in [0.25, 0.3) is 37.5 Å². The van der Waals surface area contributed by atoms with E-state index in [2.05, 4.69) is 20.8 Å². The lowest BCUT2D eigenvalue weighted by atomic mass is 9.93. The van der Waals surface area contributed by atoms with E-state index in [4.69, 9.17) is 22.9 Å². The Hall–Kier alpha value is -3.89. The van der Waals surface area contributed by atoms with Crippen LogP contribution in [0.2, 0.25) is 5.15 Å². The number of likely N-dealkylation sites (tertiary alicyclic amines) is 1. The maximum absolute atomic E-state index is 16.6. The van der Waals surface area contributed by atoms with E-state index in [1.54, 1.807) is 11.0 Å². The van der Waals surface area contributed by atoms with Crippen molar-refractivity contribution in [2.24, 2.45) is 0 Å². The fourth-order valence-corrected chi connectivity index (χ4v) is 6.43. The zero-order valence-electron chi connectivity index (χ0n) is 23.0. The molecule has 6 rings (SSSR count). The molecule has 1 aromatic heterocycles. The van der Waals surface area contributed by atoms with Crippen LogP contribution in [-0.4, -0.2) is 46.8 Å². The highest BCUT2D eigenvalue weighted by molar-refractivity contribution is 6.34. The van der Waals surface area contributed by atoms with Gasteiger partial charge in [0.25, 0.3) is 0 Å². The SMILES string of the molecule is [C-]#[N+]c1c(Cl)nc(N2C3CCC2CN(C(=O)OC(C)(C)C)C3)c2ccc(-c3cc(C)cc4ccccc34)c(F)c12. The number of nitrogens with zero attached hydrogens (tertiary/aromatic N) is 4. The summed E-state index contributed by atoms with van der Waals surface area (Å²) in [6.07, 6.45) is 1.40. The largest absolute Gasteiger partial charge is 0.444 e. The van der Waals surface area contributed by atoms with Gasteiger partial charge in [0, 0.05) is 41.5 Å². The molecular weight excluding hydrogens is 527 g/mol. The fourth-order valence-electron chi connectivity index (χ4n) is 6.22. The molecule has 2 aliphatic heterocycles. The van der Waals surface area contributed by atoms with Crippen LogP contribution >= 0.6 is 11.6 Å². The lowest BCUT2D eigenvalue weighted by Crippen LogP contribution is -2.56. The Bertz CT molecular complexity index is 1710. The van der Waals surface area contributed by atoms with Crippen molar-refractivity contribution in [2.45, 2.75) is 58.2 Å². The molecule has 2 atom stereocenters. The molecule has 6 nitrogen and oxygen atoms in total. The smallest absolute Gasteiger partial charge is 0.410 e. The monoisotopic (exact) mass is 556 g/mol. The quantitative estimate of drug-likeness (QED) is 0.184. The third kappa shape index (κ3) is 4.41. The average molecular weight is 557 g/mol. The van der Waals surface area contributed by atoms with Crippen LogP contribution in [0.5, 0.6) is 0 Å². The number of piperazine rings is 1. The summed E-state index contributed by atoms with van der Waals surface area (Å²) >= 11 is 6.58. The van der Waals surface area contributed by atoms with E-state index in [1.807, 2.05) is 64.1 Å². The predicted octanol–water partition coefficient (Wildman–Crippen LogP) is 8.29. The van der Waals surface area contributed by atoms with Crippen LogP contribution in [0.4, 0.5) is 20.7 Å². The van der Waals surface area contributed by atoms with Gasteiger partial charge in [0.2, 0.25) is 5.69 Å². The van der Waals surface area contributed by atoms with E-state index in [1.165, 1.54) is 0 Å². The van der Waals surface area contributed by atoms with Crippen molar-refractivity contribution < 1.29 is 13.9 Å². The van der Waals surface area contributed by atoms with Crippen molar-refractivity contribution in [3.63, 3.8) is 0 Å². The Balaban J connectivity index is 1.47. The number of benzene rings is 3. The molecule has 2 fully saturated rings. The Labute approximate surface area is 238 Å². The minimum Gasteiger partial charge on any atom is -0.444 e. The van der Waals surface area contributed by atoms with Crippen LogP contribution in [0.15, 0.2) is 48.5 Å². The zero-order valence-corrected chi connectivity index (χ0v) is 23.7. The number of pyridine rings is 1. The molecule has 2 bridgehead atoms. The van der Waals surface area contributed by atoms with Crippen molar-refractivity contribution in [3.05, 3.63) is 76.5 Å². The molecule has 0 spiro atoms. The Morgan fingerprint density at radius 2 is 1.77 bits per heavy atom. The van der Waals surface area contributed by atoms with Crippen molar-refractivity contribution in [1.29, 1.82) is 0 Å². The molecular formula is C32H30ClFN4O2. The maximum atomic E-state index is 16.6. The molecule has 2 unspecified atom stereocenters. The number of amides is 1. The summed E-state index contributed by atoms with van der Waals surface area (Å²) in [6.45, 7) is 16.3. The van der Waals surface area contributed by atoms with Crippen LogP contribution in [0, 0.1) is 19.3 Å². The molecule has 0 saturated carbocycles. The Morgan fingerprint density at radius 1 is 1.07 bits per heavy atom. The lowest BCUT2D eigenvalue weighted by Gasteiger charge is -2.42. The van der Waals surface area contributed by atoms with Crippen LogP contribution in [0.3, 0.4) is 0 Å². The molecule has 2 aliphatic rings. The predicted molar refractivity (Wildman–Crippen MR) is 158 cm³/mol. The van der Waals surface area contributed by atoms with Crippen molar-refractivity contribution in [1.82, 2.24) is 9.88 Å². The number of halogens is 2. The summed E-state index contributed by atoms with van der Waals surface area (Å²) in [7, 11) is 0. The molecule has 2 saturated heterocycles. The van der Waals surface area contributed by atoms with Gasteiger partial charge in [0.1, 0.15) is 22.4 Å². The van der Waals surface area contributed by atoms with E-state index in [-0.39, 0.29) is 34.4 Å². The summed E-state index contributed by atoms with van der Waals surface area (Å²) in [6, 6.07) is 15.6. The van der Waals surface area contributed by atoms with Crippen molar-refractivity contribution in [3.8, 4) is 11.1 Å². The molecule has 40 heavy (non-hydrogen) atoms. The van der Waals surface area contributed by atoms with Gasteiger partial charge in [-0.05, 0) is 62.4 Å². The Morgan fingerprint density at radius 3 is 2.45 bits per heavy atom. The Kier molecular flexibility index (Phi) is 6.35. The van der Waals surface area contributed by atoms with Gasteiger partial charge < -0.3 is 14.5 Å². The first kappa shape index (κ1) is 26.3. The molecule has 8 heteroatoms. The van der Waals surface area contributed by atoms with Gasteiger partial charge in [-0.3, -0.25) is 0 Å². The van der Waals surface area contributed by atoms with Gasteiger partial charge in [-0.25, -0.2) is 19.0 Å². The fraction of sp³-hybridized carbons (Fsp3) is 0.344. The van der Waals surface area contributed by atoms with Crippen molar-refractivity contribution >= 4 is 50.7 Å². The highest BCUT2D eigenvalue weighted by atomic mass is 35.5. The number of ether oxygens (including phenoxy) is 1. The number of aromatic nitrogens is 1. The first-order chi connectivity index (χ1) is 19.1. The van der Waals surface area contributed by atoms with E-state index in [0.29, 0.717) is 29.9 Å². The highest BCUT2D eigenvalue weighted by Crippen LogP contribution is 2.46. The van der Waals surface area contributed by atoms with Gasteiger partial charge in [0.15, 0.2) is 0 Å². The molecule has 0 radical (unpaired) electrons. The lowest BCUT2D eigenvalue weighted by molar-refractivity contribution is 0.0209. The number of hydrogen-bond acceptors (Lipinski definition) is 4. The van der Waals surface area contributed by atoms with E-state index in [0.717, 1.165) is 34.7 Å². The normalized spacial score (nSPS) is 18.8. The average Bonchev–Trinajstić information content (AvgIpc) is 3.15. The molecule has 3 heterocycles. The van der Waals surface area contributed by atoms with E-state index >= 15 is 4.39 Å². The third-order valence-electron chi connectivity index (χ3n) is 7.81. The van der Waals surface area contributed by atoms with Gasteiger partial charge >= 0.3 is 6.09 Å². The van der Waals surface area contributed by atoms with Gasteiger partial charge in [0.05, 0.1) is 6.57 Å². The maximum Gasteiger partial charge on any atom is 0.410 e. The molecule has 4 aromatic rings. The van der Waals surface area contributed by atoms with E-state index in [9.17, 15) is 4.79 Å². The second kappa shape index (κ2) is 9.64. The summed E-state index contributed by atoms with van der Waals surface area (Å²) in [5, 5.41) is 2.68. The standard InChI is InChI=1S/C32H30ClFN4O2/c1-18-14-19-8-6-7-9-22(19)25(15-18)23-12-13-24-26(27(23)34)28(35-5)29(33)36-30(24)38-20-10-11-21(38)17-37(16-20)31(39)40-32(2,3)4/h6-9,12-15,20-21H,10-11,16-17H2,1-4H3. The summed E-state index contributed by atoms with van der Waals surface area (Å²) in [5.74, 6) is 0.0767. The first-order valence-corrected chi connectivity index (χ1v) is 13.9. The van der Waals surface area contributed by atoms with Gasteiger partial charge in [-0.15, -0.1) is 0 Å². The summed E-state index contributed by atoms with van der Waals surface area (Å²) in [4.78, 5) is 25.0. The number of rotatable bonds is 2.